The van der Waals surface area contributed by atoms with E-state index in [9.17, 15) is 23.9 Å². The molecule has 1 atom stereocenters. The Morgan fingerprint density at radius 1 is 1.21 bits per heavy atom. The molecule has 1 saturated heterocycles. The zero-order valence-electron chi connectivity index (χ0n) is 17.6. The number of nitrogens with zero attached hydrogens (tertiary/aromatic N) is 1. The largest absolute Gasteiger partial charge is 0.481 e. The molecule has 3 heterocycles. The Bertz CT molecular complexity index is 1190. The maximum atomic E-state index is 13.3. The summed E-state index contributed by atoms with van der Waals surface area (Å²) >= 11 is 5.97. The summed E-state index contributed by atoms with van der Waals surface area (Å²) < 4.78 is 13.3. The zero-order valence-corrected chi connectivity index (χ0v) is 18.4. The molecule has 0 aliphatic carbocycles. The third-order valence-electron chi connectivity index (χ3n) is 5.87. The van der Waals surface area contributed by atoms with E-state index in [-0.39, 0.29) is 18.0 Å². The van der Waals surface area contributed by atoms with Crippen LogP contribution in [-0.2, 0) is 16.0 Å². The number of carbonyl (C=O) groups is 3. The summed E-state index contributed by atoms with van der Waals surface area (Å²) in [7, 11) is 0. The topological polar surface area (TPSA) is 117 Å². The lowest BCUT2D eigenvalue weighted by Crippen LogP contribution is -2.52. The number of piperidine rings is 1. The number of aromatic amines is 2. The second-order valence-electron chi connectivity index (χ2n) is 8.13. The zero-order chi connectivity index (χ0) is 23.5. The highest BCUT2D eigenvalue weighted by Gasteiger charge is 2.32. The number of amides is 2. The fraction of sp³-hybridized carbons (Fsp3) is 0.304. The number of pyridine rings is 1. The molecule has 0 unspecified atom stereocenters. The van der Waals surface area contributed by atoms with E-state index in [0.717, 1.165) is 5.39 Å². The molecule has 33 heavy (non-hydrogen) atoms. The van der Waals surface area contributed by atoms with Crippen LogP contribution < -0.4 is 10.3 Å². The van der Waals surface area contributed by atoms with Gasteiger partial charge >= 0.3 is 5.97 Å². The van der Waals surface area contributed by atoms with Crippen molar-refractivity contribution >= 4 is 40.3 Å². The Hall–Kier alpha value is -3.46. The molecule has 0 radical (unpaired) electrons. The van der Waals surface area contributed by atoms with Crippen LogP contribution in [0, 0.1) is 11.7 Å². The molecule has 3 aromatic rings. The molecule has 1 fully saturated rings. The number of carbonyl (C=O) groups excluding carboxylic acids is 2. The number of nitrogens with one attached hydrogen (secondary N) is 3. The van der Waals surface area contributed by atoms with Gasteiger partial charge in [0.25, 0.3) is 11.1 Å². The number of hydrogen-bond donors (Lipinski definition) is 3. The van der Waals surface area contributed by atoms with Crippen molar-refractivity contribution in [1.82, 2.24) is 15.2 Å². The van der Waals surface area contributed by atoms with E-state index in [2.05, 4.69) is 15.3 Å². The van der Waals surface area contributed by atoms with Crippen LogP contribution in [0.5, 0.6) is 0 Å². The Balaban J connectivity index is 1.53. The number of aromatic nitrogens is 2. The smallest absolute Gasteiger partial charge is 0.306 e. The standard InChI is InChI=1S/C23H22ClFN4O4/c24-20-11-15-10-17(27-19(15)12-26-20)21(30)28-18(9-13-1-3-16(25)4-2-13)22(31)29-7-5-14(6-8-29)23(32)33/h1-4,10-12,14,18,27H,5-9H2,(H,28,30)(H,32,33)/p+1/t18-/m0/s1. The first-order chi connectivity index (χ1) is 15.8. The fourth-order valence-corrected chi connectivity index (χ4v) is 4.20. The second-order valence-corrected chi connectivity index (χ2v) is 8.53. The van der Waals surface area contributed by atoms with Crippen molar-refractivity contribution < 1.29 is 28.9 Å². The molecule has 0 bridgehead atoms. The molecule has 1 aromatic carbocycles. The van der Waals surface area contributed by atoms with Crippen molar-refractivity contribution in [2.75, 3.05) is 13.1 Å². The summed E-state index contributed by atoms with van der Waals surface area (Å²) in [5, 5.41) is 13.2. The first-order valence-electron chi connectivity index (χ1n) is 10.6. The third-order valence-corrected chi connectivity index (χ3v) is 6.09. The number of aliphatic carboxylic acids is 1. The van der Waals surface area contributed by atoms with Crippen LogP contribution in [0.15, 0.2) is 42.6 Å². The van der Waals surface area contributed by atoms with Gasteiger partial charge in [-0.05, 0) is 48.2 Å². The lowest BCUT2D eigenvalue weighted by atomic mass is 9.96. The summed E-state index contributed by atoms with van der Waals surface area (Å²) in [6, 6.07) is 8.16. The molecule has 4 rings (SSSR count). The van der Waals surface area contributed by atoms with Crippen molar-refractivity contribution in [1.29, 1.82) is 0 Å². The summed E-state index contributed by atoms with van der Waals surface area (Å²) in [5.41, 5.74) is 1.64. The number of rotatable bonds is 6. The highest BCUT2D eigenvalue weighted by Crippen LogP contribution is 2.20. The number of halogens is 2. The van der Waals surface area contributed by atoms with Crippen molar-refractivity contribution in [3.63, 3.8) is 0 Å². The van der Waals surface area contributed by atoms with E-state index in [0.29, 0.717) is 42.2 Å². The molecule has 0 spiro atoms. The number of benzene rings is 1. The SMILES string of the molecule is O=C(N[C@@H](Cc1ccc(F)cc1)C(=O)N1CCC(C(=O)O)CC1)c1cc2cc(Cl)[nH+]cc2[nH]1. The molecule has 4 N–H and O–H groups in total. The molecule has 1 aliphatic rings. The molecule has 8 nitrogen and oxygen atoms in total. The molecule has 2 amide bonds. The van der Waals surface area contributed by atoms with Gasteiger partial charge in [-0.2, -0.15) is 4.98 Å². The fourth-order valence-electron chi connectivity index (χ4n) is 4.03. The lowest BCUT2D eigenvalue weighted by molar-refractivity contribution is -0.373. The van der Waals surface area contributed by atoms with Crippen LogP contribution in [0.25, 0.3) is 10.9 Å². The Morgan fingerprint density at radius 2 is 1.91 bits per heavy atom. The Kier molecular flexibility index (Phi) is 6.60. The number of likely N-dealkylation sites (tertiary alicyclic amines) is 1. The van der Waals surface area contributed by atoms with E-state index in [4.69, 9.17) is 11.6 Å². The third kappa shape index (κ3) is 5.31. The minimum Gasteiger partial charge on any atom is -0.481 e. The molecule has 1 aliphatic heterocycles. The molecule has 10 heteroatoms. The maximum absolute atomic E-state index is 13.3. The van der Waals surface area contributed by atoms with Gasteiger partial charge in [0.15, 0.2) is 6.20 Å². The number of hydrogen-bond acceptors (Lipinski definition) is 3. The normalized spacial score (nSPS) is 15.4. The summed E-state index contributed by atoms with van der Waals surface area (Å²) in [4.78, 5) is 44.9. The van der Waals surface area contributed by atoms with Crippen LogP contribution in [0.2, 0.25) is 5.15 Å². The van der Waals surface area contributed by atoms with Crippen molar-refractivity contribution in [3.05, 3.63) is 64.8 Å². The van der Waals surface area contributed by atoms with Gasteiger partial charge in [-0.1, -0.05) is 12.1 Å². The van der Waals surface area contributed by atoms with Gasteiger partial charge in [0.2, 0.25) is 5.91 Å². The summed E-state index contributed by atoms with van der Waals surface area (Å²) in [6.07, 6.45) is 2.53. The van der Waals surface area contributed by atoms with E-state index in [1.807, 2.05) is 0 Å². The second kappa shape index (κ2) is 9.58. The van der Waals surface area contributed by atoms with Crippen LogP contribution >= 0.6 is 11.6 Å². The van der Waals surface area contributed by atoms with Gasteiger partial charge in [-0.25, -0.2) is 4.39 Å². The number of carboxylic acid groups (broad SMARTS) is 1. The summed E-state index contributed by atoms with van der Waals surface area (Å²) in [6.45, 7) is 0.596. The maximum Gasteiger partial charge on any atom is 0.306 e. The molecule has 0 saturated carbocycles. The van der Waals surface area contributed by atoms with Crippen molar-refractivity contribution in [2.24, 2.45) is 5.92 Å². The molecule has 172 valence electrons. The van der Waals surface area contributed by atoms with Gasteiger partial charge in [0, 0.05) is 31.0 Å². The first-order valence-corrected chi connectivity index (χ1v) is 10.9. The van der Waals surface area contributed by atoms with Gasteiger partial charge in [-0.15, -0.1) is 0 Å². The first kappa shape index (κ1) is 22.7. The van der Waals surface area contributed by atoms with Crippen LogP contribution in [0.1, 0.15) is 28.9 Å². The monoisotopic (exact) mass is 473 g/mol. The van der Waals surface area contributed by atoms with E-state index >= 15 is 0 Å². The Morgan fingerprint density at radius 3 is 2.58 bits per heavy atom. The average Bonchev–Trinajstić information content (AvgIpc) is 3.23. The molecular weight excluding hydrogens is 451 g/mol. The van der Waals surface area contributed by atoms with Gasteiger partial charge in [0.05, 0.1) is 5.92 Å². The minimum absolute atomic E-state index is 0.170. The predicted octanol–water partition coefficient (Wildman–Crippen LogP) is 2.44. The number of H-pyrrole nitrogens is 2. The van der Waals surface area contributed by atoms with Crippen LogP contribution in [0.3, 0.4) is 0 Å². The number of fused-ring (bicyclic) bond motifs is 1. The van der Waals surface area contributed by atoms with Gasteiger partial charge in [0.1, 0.15) is 23.1 Å². The molecular formula is C23H23ClFN4O4+. The minimum atomic E-state index is -0.897. The van der Waals surface area contributed by atoms with Crippen LogP contribution in [0.4, 0.5) is 4.39 Å². The quantitative estimate of drug-likeness (QED) is 0.477. The van der Waals surface area contributed by atoms with E-state index in [1.165, 1.54) is 12.1 Å². The number of carboxylic acids is 1. The molecule has 2 aromatic heterocycles. The van der Waals surface area contributed by atoms with Gasteiger partial charge < -0.3 is 20.3 Å². The predicted molar refractivity (Wildman–Crippen MR) is 118 cm³/mol. The highest BCUT2D eigenvalue weighted by atomic mass is 35.5. The average molecular weight is 474 g/mol. The lowest BCUT2D eigenvalue weighted by Gasteiger charge is -2.33. The van der Waals surface area contributed by atoms with Crippen molar-refractivity contribution in [2.45, 2.75) is 25.3 Å². The van der Waals surface area contributed by atoms with Crippen molar-refractivity contribution in [3.8, 4) is 0 Å². The van der Waals surface area contributed by atoms with Gasteiger partial charge in [-0.3, -0.25) is 14.4 Å². The highest BCUT2D eigenvalue weighted by molar-refractivity contribution is 6.29. The Labute approximate surface area is 193 Å². The van der Waals surface area contributed by atoms with E-state index < -0.39 is 29.7 Å². The van der Waals surface area contributed by atoms with Crippen LogP contribution in [-0.4, -0.2) is 51.9 Å². The summed E-state index contributed by atoms with van der Waals surface area (Å²) in [5.74, 6) is -2.51. The van der Waals surface area contributed by atoms with E-state index in [1.54, 1.807) is 35.4 Å².